The predicted octanol–water partition coefficient (Wildman–Crippen LogP) is 2.98. The van der Waals surface area contributed by atoms with Gasteiger partial charge in [-0.05, 0) is 29.7 Å². The molecule has 2 fully saturated rings. The molecule has 0 N–H and O–H groups in total. The summed E-state index contributed by atoms with van der Waals surface area (Å²) in [6.45, 7) is 6.40. The Morgan fingerprint density at radius 3 is 2.75 bits per heavy atom. The second-order valence-electron chi connectivity index (χ2n) is 6.51. The van der Waals surface area contributed by atoms with E-state index in [-0.39, 0.29) is 10.2 Å². The monoisotopic (exact) mass is 289 g/mol. The number of thioether (sulfide) groups is 1. The Morgan fingerprint density at radius 1 is 1.30 bits per heavy atom. The van der Waals surface area contributed by atoms with Crippen LogP contribution in [0.5, 0.6) is 5.75 Å². The predicted molar refractivity (Wildman–Crippen MR) is 81.7 cm³/mol. The third-order valence-corrected chi connectivity index (χ3v) is 6.68. The van der Waals surface area contributed by atoms with Gasteiger partial charge in [0, 0.05) is 11.5 Å². The van der Waals surface area contributed by atoms with E-state index in [1.807, 2.05) is 23.9 Å². The molecule has 1 saturated heterocycles. The van der Waals surface area contributed by atoms with Gasteiger partial charge in [0.25, 0.3) is 0 Å². The van der Waals surface area contributed by atoms with Crippen molar-refractivity contribution in [2.45, 2.75) is 24.6 Å². The highest BCUT2D eigenvalue weighted by atomic mass is 32.2. The van der Waals surface area contributed by atoms with Gasteiger partial charge in [-0.2, -0.15) is 0 Å². The van der Waals surface area contributed by atoms with E-state index in [9.17, 15) is 0 Å². The first kappa shape index (κ1) is 12.7. The topological polar surface area (TPSA) is 30.8 Å². The Morgan fingerprint density at radius 2 is 2.05 bits per heavy atom. The van der Waals surface area contributed by atoms with Gasteiger partial charge in [0.15, 0.2) is 0 Å². The molecule has 4 heteroatoms. The number of methoxy groups -OCH3 is 1. The molecule has 1 aliphatic carbocycles. The standard InChI is InChI=1S/C16H19NO2S/c1-15(2)12-8-19-9-16(12)14(15)17-13(20-16)10-4-6-11(18-3)7-5-10/h4-7,12,14H,8-9H2,1-3H3/t12-,14-,16+/m0/s1. The van der Waals surface area contributed by atoms with E-state index in [1.54, 1.807) is 7.11 Å². The summed E-state index contributed by atoms with van der Waals surface area (Å²) in [7, 11) is 1.69. The lowest BCUT2D eigenvalue weighted by Gasteiger charge is -2.57. The van der Waals surface area contributed by atoms with Crippen LogP contribution in [-0.2, 0) is 4.74 Å². The molecule has 1 spiro atoms. The zero-order chi connectivity index (χ0) is 14.0. The molecule has 3 atom stereocenters. The molecule has 0 bridgehead atoms. The van der Waals surface area contributed by atoms with Crippen LogP contribution in [0, 0.1) is 11.3 Å². The lowest BCUT2D eigenvalue weighted by Crippen LogP contribution is -2.66. The summed E-state index contributed by atoms with van der Waals surface area (Å²) in [5.74, 6) is 1.52. The van der Waals surface area contributed by atoms with Gasteiger partial charge >= 0.3 is 0 Å². The SMILES string of the molecule is COc1ccc(C2=N[C@H]3C(C)(C)[C@@H]4COC[C@@]43S2)cc1. The molecule has 0 aromatic heterocycles. The largest absolute Gasteiger partial charge is 0.497 e. The van der Waals surface area contributed by atoms with Crippen molar-refractivity contribution < 1.29 is 9.47 Å². The Kier molecular flexibility index (Phi) is 2.55. The van der Waals surface area contributed by atoms with E-state index in [0.717, 1.165) is 19.0 Å². The zero-order valence-corrected chi connectivity index (χ0v) is 12.9. The molecule has 0 unspecified atom stereocenters. The van der Waals surface area contributed by atoms with E-state index >= 15 is 0 Å². The minimum atomic E-state index is 0.207. The molecule has 106 valence electrons. The van der Waals surface area contributed by atoms with Crippen molar-refractivity contribution in [1.82, 2.24) is 0 Å². The first-order valence-corrected chi connectivity index (χ1v) is 7.88. The van der Waals surface area contributed by atoms with Crippen LogP contribution in [0.2, 0.25) is 0 Å². The summed E-state index contributed by atoms with van der Waals surface area (Å²) in [5.41, 5.74) is 1.46. The average Bonchev–Trinajstić information content (AvgIpc) is 3.02. The summed E-state index contributed by atoms with van der Waals surface area (Å²) in [6, 6.07) is 8.60. The molecule has 0 radical (unpaired) electrons. The van der Waals surface area contributed by atoms with Gasteiger partial charge in [0.05, 0.1) is 36.2 Å². The molecule has 2 aliphatic heterocycles. The van der Waals surface area contributed by atoms with Crippen LogP contribution in [0.3, 0.4) is 0 Å². The lowest BCUT2D eigenvalue weighted by atomic mass is 9.53. The van der Waals surface area contributed by atoms with Gasteiger partial charge in [-0.25, -0.2) is 0 Å². The van der Waals surface area contributed by atoms with Gasteiger partial charge < -0.3 is 9.47 Å². The Hall–Kier alpha value is -1.00. The molecule has 1 saturated carbocycles. The van der Waals surface area contributed by atoms with Crippen LogP contribution in [-0.4, -0.2) is 36.2 Å². The van der Waals surface area contributed by atoms with E-state index in [0.29, 0.717) is 12.0 Å². The normalized spacial score (nSPS) is 36.9. The molecular weight excluding hydrogens is 270 g/mol. The zero-order valence-electron chi connectivity index (χ0n) is 12.1. The van der Waals surface area contributed by atoms with Crippen LogP contribution in [0.25, 0.3) is 0 Å². The molecule has 0 amide bonds. The fourth-order valence-corrected chi connectivity index (χ4v) is 5.94. The number of benzene rings is 1. The highest BCUT2D eigenvalue weighted by Crippen LogP contribution is 2.67. The highest BCUT2D eigenvalue weighted by Gasteiger charge is 2.72. The van der Waals surface area contributed by atoms with Crippen molar-refractivity contribution in [1.29, 1.82) is 0 Å². The molecule has 3 aliphatic rings. The number of nitrogens with zero attached hydrogens (tertiary/aromatic N) is 1. The van der Waals surface area contributed by atoms with Crippen molar-refractivity contribution in [2.24, 2.45) is 16.3 Å². The van der Waals surface area contributed by atoms with Crippen LogP contribution in [0.1, 0.15) is 19.4 Å². The molecule has 1 aromatic rings. The first-order chi connectivity index (χ1) is 9.58. The van der Waals surface area contributed by atoms with E-state index in [4.69, 9.17) is 14.5 Å². The minimum Gasteiger partial charge on any atom is -0.497 e. The van der Waals surface area contributed by atoms with Crippen molar-refractivity contribution >= 4 is 16.8 Å². The van der Waals surface area contributed by atoms with Crippen molar-refractivity contribution in [3.05, 3.63) is 29.8 Å². The number of ether oxygens (including phenoxy) is 2. The molecule has 4 rings (SSSR count). The third-order valence-electron chi connectivity index (χ3n) is 5.14. The average molecular weight is 289 g/mol. The maximum Gasteiger partial charge on any atom is 0.118 e. The summed E-state index contributed by atoms with van der Waals surface area (Å²) in [5, 5.41) is 1.17. The quantitative estimate of drug-likeness (QED) is 0.838. The number of hydrogen-bond donors (Lipinski definition) is 0. The first-order valence-electron chi connectivity index (χ1n) is 7.07. The van der Waals surface area contributed by atoms with Crippen molar-refractivity contribution in [3.8, 4) is 5.75 Å². The fraction of sp³-hybridized carbons (Fsp3) is 0.562. The number of aliphatic imine (C=N–C) groups is 1. The smallest absolute Gasteiger partial charge is 0.118 e. The Balaban J connectivity index is 1.67. The molecule has 3 nitrogen and oxygen atoms in total. The van der Waals surface area contributed by atoms with Gasteiger partial charge in [0.2, 0.25) is 0 Å². The second-order valence-corrected chi connectivity index (χ2v) is 7.86. The molecular formula is C16H19NO2S. The van der Waals surface area contributed by atoms with Crippen molar-refractivity contribution in [3.63, 3.8) is 0 Å². The van der Waals surface area contributed by atoms with Gasteiger partial charge in [-0.15, -0.1) is 0 Å². The van der Waals surface area contributed by atoms with Crippen LogP contribution in [0.15, 0.2) is 29.3 Å². The molecule has 2 heterocycles. The number of hydrogen-bond acceptors (Lipinski definition) is 4. The van der Waals surface area contributed by atoms with E-state index in [1.165, 1.54) is 10.6 Å². The van der Waals surface area contributed by atoms with Gasteiger partial charge in [-0.3, -0.25) is 4.99 Å². The fourth-order valence-electron chi connectivity index (χ4n) is 4.04. The maximum atomic E-state index is 5.78. The second kappa shape index (κ2) is 4.01. The summed E-state index contributed by atoms with van der Waals surface area (Å²) >= 11 is 1.93. The van der Waals surface area contributed by atoms with Crippen molar-refractivity contribution in [2.75, 3.05) is 20.3 Å². The number of rotatable bonds is 2. The Bertz CT molecular complexity index is 581. The third kappa shape index (κ3) is 1.44. The molecule has 1 aromatic carbocycles. The summed E-state index contributed by atoms with van der Waals surface area (Å²) in [4.78, 5) is 5.03. The maximum absolute atomic E-state index is 5.78. The lowest BCUT2D eigenvalue weighted by molar-refractivity contribution is 0.0242. The van der Waals surface area contributed by atoms with E-state index in [2.05, 4.69) is 26.0 Å². The van der Waals surface area contributed by atoms with Crippen LogP contribution >= 0.6 is 11.8 Å². The van der Waals surface area contributed by atoms with Gasteiger partial charge in [-0.1, -0.05) is 25.6 Å². The highest BCUT2D eigenvalue weighted by molar-refractivity contribution is 8.16. The van der Waals surface area contributed by atoms with Gasteiger partial charge in [0.1, 0.15) is 5.75 Å². The summed E-state index contributed by atoms with van der Waals surface area (Å²) in [6.07, 6.45) is 0. The van der Waals surface area contributed by atoms with Crippen LogP contribution < -0.4 is 4.74 Å². The summed E-state index contributed by atoms with van der Waals surface area (Å²) < 4.78 is 11.2. The van der Waals surface area contributed by atoms with Crippen LogP contribution in [0.4, 0.5) is 0 Å². The van der Waals surface area contributed by atoms with E-state index < -0.39 is 0 Å². The molecule has 20 heavy (non-hydrogen) atoms. The Labute approximate surface area is 123 Å². The minimum absolute atomic E-state index is 0.207.